The van der Waals surface area contributed by atoms with Gasteiger partial charge in [-0.15, -0.1) is 0 Å². The average Bonchev–Trinajstić information content (AvgIpc) is 2.51. The second-order valence-corrected chi connectivity index (χ2v) is 5.94. The molecule has 1 heterocycles. The van der Waals surface area contributed by atoms with Crippen molar-refractivity contribution in [1.82, 2.24) is 9.88 Å². The number of carbonyl (C=O) groups excluding carboxylic acids is 1. The molecule has 3 nitrogen and oxygen atoms in total. The van der Waals surface area contributed by atoms with Crippen molar-refractivity contribution >= 4 is 5.91 Å². The summed E-state index contributed by atoms with van der Waals surface area (Å²) in [6, 6.07) is 16.2. The minimum atomic E-state index is 0.243. The number of hydrogen-bond donors (Lipinski definition) is 0. The number of benzene rings is 1. The highest BCUT2D eigenvalue weighted by Gasteiger charge is 2.29. The van der Waals surface area contributed by atoms with Crippen LogP contribution in [0.1, 0.15) is 30.5 Å². The van der Waals surface area contributed by atoms with E-state index >= 15 is 0 Å². The molecule has 1 saturated carbocycles. The van der Waals surface area contributed by atoms with Crippen LogP contribution in [0.4, 0.5) is 0 Å². The molecule has 1 aromatic carbocycles. The summed E-state index contributed by atoms with van der Waals surface area (Å²) in [6.07, 6.45) is 5.91. The predicted octanol–water partition coefficient (Wildman–Crippen LogP) is 3.45. The van der Waals surface area contributed by atoms with Gasteiger partial charge in [-0.2, -0.15) is 0 Å². The Kier molecular flexibility index (Phi) is 4.84. The largest absolute Gasteiger partial charge is 0.338 e. The molecule has 0 atom stereocenters. The van der Waals surface area contributed by atoms with E-state index in [1.54, 1.807) is 0 Å². The fourth-order valence-corrected chi connectivity index (χ4v) is 2.78. The van der Waals surface area contributed by atoms with Gasteiger partial charge in [0.2, 0.25) is 5.91 Å². The van der Waals surface area contributed by atoms with Gasteiger partial charge in [-0.25, -0.2) is 0 Å². The minimum Gasteiger partial charge on any atom is -0.338 e. The summed E-state index contributed by atoms with van der Waals surface area (Å²) in [5.74, 6) is 0.554. The molecule has 1 aliphatic carbocycles. The number of amides is 1. The molecular formula is C19H22N2O. The molecule has 1 fully saturated rings. The summed E-state index contributed by atoms with van der Waals surface area (Å²) >= 11 is 0. The first-order valence-electron chi connectivity index (χ1n) is 8.05. The molecule has 1 amide bonds. The molecule has 3 heteroatoms. The van der Waals surface area contributed by atoms with Crippen LogP contribution in [0.2, 0.25) is 0 Å². The highest BCUT2D eigenvalue weighted by molar-refractivity contribution is 5.79. The minimum absolute atomic E-state index is 0.243. The zero-order chi connectivity index (χ0) is 15.2. The molecule has 3 rings (SSSR count). The van der Waals surface area contributed by atoms with Crippen LogP contribution < -0.4 is 0 Å². The Morgan fingerprint density at radius 1 is 1.09 bits per heavy atom. The van der Waals surface area contributed by atoms with Gasteiger partial charge in [-0.1, -0.05) is 42.8 Å². The molecule has 0 spiro atoms. The SMILES string of the molecule is O=C(C1CCC1)N(CCc1ccccn1)Cc1ccccc1. The van der Waals surface area contributed by atoms with Crippen LogP contribution in [0, 0.1) is 5.92 Å². The van der Waals surface area contributed by atoms with Crippen molar-refractivity contribution in [3.8, 4) is 0 Å². The first-order chi connectivity index (χ1) is 10.8. The quantitative estimate of drug-likeness (QED) is 0.817. The zero-order valence-corrected chi connectivity index (χ0v) is 12.8. The van der Waals surface area contributed by atoms with E-state index < -0.39 is 0 Å². The van der Waals surface area contributed by atoms with Crippen LogP contribution in [0.25, 0.3) is 0 Å². The maximum atomic E-state index is 12.7. The normalized spacial score (nSPS) is 14.4. The van der Waals surface area contributed by atoms with Gasteiger partial charge in [0, 0.05) is 37.3 Å². The summed E-state index contributed by atoms with van der Waals surface area (Å²) in [5, 5.41) is 0. The van der Waals surface area contributed by atoms with Crippen LogP contribution in [-0.2, 0) is 17.8 Å². The number of pyridine rings is 1. The van der Waals surface area contributed by atoms with Crippen molar-refractivity contribution in [2.75, 3.05) is 6.54 Å². The van der Waals surface area contributed by atoms with E-state index in [0.29, 0.717) is 12.5 Å². The third-order valence-electron chi connectivity index (χ3n) is 4.35. The van der Waals surface area contributed by atoms with Crippen LogP contribution in [-0.4, -0.2) is 22.3 Å². The van der Waals surface area contributed by atoms with Crippen molar-refractivity contribution < 1.29 is 4.79 Å². The molecule has 22 heavy (non-hydrogen) atoms. The smallest absolute Gasteiger partial charge is 0.225 e. The van der Waals surface area contributed by atoms with Crippen LogP contribution in [0.3, 0.4) is 0 Å². The first-order valence-corrected chi connectivity index (χ1v) is 8.05. The van der Waals surface area contributed by atoms with Crippen molar-refractivity contribution in [3.05, 3.63) is 66.0 Å². The summed E-state index contributed by atoms with van der Waals surface area (Å²) in [5.41, 5.74) is 2.23. The van der Waals surface area contributed by atoms with E-state index in [4.69, 9.17) is 0 Å². The number of nitrogens with zero attached hydrogens (tertiary/aromatic N) is 2. The molecule has 0 aliphatic heterocycles. The number of carbonyl (C=O) groups is 1. The highest BCUT2D eigenvalue weighted by Crippen LogP contribution is 2.28. The van der Waals surface area contributed by atoms with E-state index in [9.17, 15) is 4.79 Å². The van der Waals surface area contributed by atoms with Crippen molar-refractivity contribution in [2.24, 2.45) is 5.92 Å². The third kappa shape index (κ3) is 3.73. The van der Waals surface area contributed by atoms with Gasteiger partial charge in [0.1, 0.15) is 0 Å². The number of hydrogen-bond acceptors (Lipinski definition) is 2. The predicted molar refractivity (Wildman–Crippen MR) is 87.1 cm³/mol. The third-order valence-corrected chi connectivity index (χ3v) is 4.35. The van der Waals surface area contributed by atoms with E-state index in [1.165, 1.54) is 12.0 Å². The van der Waals surface area contributed by atoms with E-state index in [-0.39, 0.29) is 5.92 Å². The van der Waals surface area contributed by atoms with Gasteiger partial charge in [0.15, 0.2) is 0 Å². The Morgan fingerprint density at radius 3 is 2.50 bits per heavy atom. The summed E-state index contributed by atoms with van der Waals surface area (Å²) in [4.78, 5) is 19.0. The Balaban J connectivity index is 1.66. The molecule has 1 aliphatic rings. The molecule has 0 unspecified atom stereocenters. The first kappa shape index (κ1) is 14.8. The average molecular weight is 294 g/mol. The van der Waals surface area contributed by atoms with Gasteiger partial charge in [-0.3, -0.25) is 9.78 Å². The van der Waals surface area contributed by atoms with Gasteiger partial charge in [-0.05, 0) is 30.5 Å². The molecular weight excluding hydrogens is 272 g/mol. The lowest BCUT2D eigenvalue weighted by molar-refractivity contribution is -0.138. The molecule has 114 valence electrons. The lowest BCUT2D eigenvalue weighted by atomic mass is 9.84. The maximum Gasteiger partial charge on any atom is 0.225 e. The van der Waals surface area contributed by atoms with Gasteiger partial charge in [0.05, 0.1) is 0 Å². The second kappa shape index (κ2) is 7.21. The second-order valence-electron chi connectivity index (χ2n) is 5.94. The lowest BCUT2D eigenvalue weighted by Gasteiger charge is -2.31. The summed E-state index contributed by atoms with van der Waals surface area (Å²) in [6.45, 7) is 1.43. The van der Waals surface area contributed by atoms with Gasteiger partial charge in [0.25, 0.3) is 0 Å². The van der Waals surface area contributed by atoms with Crippen molar-refractivity contribution in [2.45, 2.75) is 32.2 Å². The fourth-order valence-electron chi connectivity index (χ4n) is 2.78. The monoisotopic (exact) mass is 294 g/mol. The highest BCUT2D eigenvalue weighted by atomic mass is 16.2. The van der Waals surface area contributed by atoms with Gasteiger partial charge < -0.3 is 4.90 Å². The Hall–Kier alpha value is -2.16. The molecule has 0 N–H and O–H groups in total. The van der Waals surface area contributed by atoms with Crippen LogP contribution in [0.15, 0.2) is 54.7 Å². The van der Waals surface area contributed by atoms with E-state index in [0.717, 1.165) is 31.5 Å². The van der Waals surface area contributed by atoms with E-state index in [2.05, 4.69) is 17.1 Å². The summed E-state index contributed by atoms with van der Waals surface area (Å²) < 4.78 is 0. The summed E-state index contributed by atoms with van der Waals surface area (Å²) in [7, 11) is 0. The lowest BCUT2D eigenvalue weighted by Crippen LogP contribution is -2.39. The number of rotatable bonds is 6. The topological polar surface area (TPSA) is 33.2 Å². The molecule has 0 radical (unpaired) electrons. The Morgan fingerprint density at radius 2 is 1.86 bits per heavy atom. The standard InChI is InChI=1S/C19H22N2O/c22-19(17-9-6-10-17)21(15-16-7-2-1-3-8-16)14-12-18-11-4-5-13-20-18/h1-5,7-8,11,13,17H,6,9-10,12,14-15H2. The van der Waals surface area contributed by atoms with Crippen LogP contribution >= 0.6 is 0 Å². The van der Waals surface area contributed by atoms with E-state index in [1.807, 2.05) is 47.5 Å². The molecule has 2 aromatic rings. The maximum absolute atomic E-state index is 12.7. The number of aromatic nitrogens is 1. The molecule has 0 saturated heterocycles. The Bertz CT molecular complexity index is 593. The van der Waals surface area contributed by atoms with Crippen molar-refractivity contribution in [1.29, 1.82) is 0 Å². The van der Waals surface area contributed by atoms with Crippen molar-refractivity contribution in [3.63, 3.8) is 0 Å². The molecule has 0 bridgehead atoms. The fraction of sp³-hybridized carbons (Fsp3) is 0.368. The van der Waals surface area contributed by atoms with Crippen LogP contribution in [0.5, 0.6) is 0 Å². The zero-order valence-electron chi connectivity index (χ0n) is 12.8. The Labute approximate surface area is 132 Å². The van der Waals surface area contributed by atoms with Gasteiger partial charge >= 0.3 is 0 Å². The molecule has 1 aromatic heterocycles.